The molecule has 0 spiro atoms. The number of nitrogens with one attached hydrogen (secondary N) is 1. The molecule has 1 aliphatic rings. The summed E-state index contributed by atoms with van der Waals surface area (Å²) in [5.41, 5.74) is -0.470. The normalized spacial score (nSPS) is 13.8. The van der Waals surface area contributed by atoms with E-state index in [2.05, 4.69) is 5.32 Å². The molecular weight excluding hydrogens is 536 g/mol. The van der Waals surface area contributed by atoms with E-state index in [4.69, 9.17) is 39.8 Å². The molecule has 0 bridgehead atoms. The number of hydrogen-bond donors (Lipinski definition) is 1. The van der Waals surface area contributed by atoms with Crippen LogP contribution in [0.5, 0.6) is 0 Å². The topological polar surface area (TPSA) is 48.7 Å². The molecule has 4 rings (SSSR count). The summed E-state index contributed by atoms with van der Waals surface area (Å²) in [7, 11) is 0. The highest BCUT2D eigenvalue weighted by Gasteiger charge is 2.31. The second-order valence-electron chi connectivity index (χ2n) is 7.44. The Morgan fingerprint density at radius 1 is 0.886 bits per heavy atom. The zero-order valence-corrected chi connectivity index (χ0v) is 19.8. The standard InChI is InChI=1S/C22H14Cl2F5N3O2S/c23-10-1-2-11(12(24)9-10)13-3-4-14(34-13)21(33)30-22(35)32-7-5-31(6-8-32)20-18(28)16(26)15(25)17(27)19(20)29/h1-4,9H,5-8H2,(H,30,33,35). The van der Waals surface area contributed by atoms with Crippen LogP contribution in [0, 0.1) is 29.1 Å². The van der Waals surface area contributed by atoms with Crippen LogP contribution in [0.2, 0.25) is 10.0 Å². The van der Waals surface area contributed by atoms with Crippen molar-refractivity contribution in [3.63, 3.8) is 0 Å². The molecule has 2 heterocycles. The Morgan fingerprint density at radius 2 is 1.49 bits per heavy atom. The van der Waals surface area contributed by atoms with Gasteiger partial charge in [0.1, 0.15) is 11.4 Å². The number of hydrogen-bond acceptors (Lipinski definition) is 4. The summed E-state index contributed by atoms with van der Waals surface area (Å²) in [5.74, 6) is -10.4. The number of benzene rings is 2. The molecule has 1 aromatic heterocycles. The van der Waals surface area contributed by atoms with Crippen LogP contribution in [0.15, 0.2) is 34.7 Å². The Morgan fingerprint density at radius 3 is 2.09 bits per heavy atom. The predicted molar refractivity (Wildman–Crippen MR) is 124 cm³/mol. The fourth-order valence-corrected chi connectivity index (χ4v) is 4.31. The number of anilines is 1. The van der Waals surface area contributed by atoms with Gasteiger partial charge in [-0.15, -0.1) is 0 Å². The number of nitrogens with zero attached hydrogens (tertiary/aromatic N) is 2. The minimum atomic E-state index is -2.22. The highest BCUT2D eigenvalue weighted by Crippen LogP contribution is 2.32. The summed E-state index contributed by atoms with van der Waals surface area (Å²) in [6.07, 6.45) is 0. The van der Waals surface area contributed by atoms with Crippen molar-refractivity contribution < 1.29 is 31.2 Å². The van der Waals surface area contributed by atoms with E-state index >= 15 is 0 Å². The molecule has 0 saturated carbocycles. The van der Waals surface area contributed by atoms with Crippen LogP contribution in [0.3, 0.4) is 0 Å². The van der Waals surface area contributed by atoms with Gasteiger partial charge >= 0.3 is 0 Å². The van der Waals surface area contributed by atoms with Crippen molar-refractivity contribution >= 4 is 52.1 Å². The van der Waals surface area contributed by atoms with E-state index in [1.54, 1.807) is 18.2 Å². The monoisotopic (exact) mass is 549 g/mol. The Balaban J connectivity index is 1.40. The molecule has 5 nitrogen and oxygen atoms in total. The molecule has 1 aliphatic heterocycles. The zero-order valence-electron chi connectivity index (χ0n) is 17.5. The van der Waals surface area contributed by atoms with Crippen molar-refractivity contribution in [1.29, 1.82) is 0 Å². The highest BCUT2D eigenvalue weighted by molar-refractivity contribution is 7.80. The SMILES string of the molecule is O=C(NC(=S)N1CCN(c2c(F)c(F)c(F)c(F)c2F)CC1)c1ccc(-c2ccc(Cl)cc2Cl)o1. The summed E-state index contributed by atoms with van der Waals surface area (Å²) in [4.78, 5) is 15.1. The van der Waals surface area contributed by atoms with Crippen molar-refractivity contribution in [3.05, 3.63) is 75.2 Å². The first kappa shape index (κ1) is 25.2. The van der Waals surface area contributed by atoms with E-state index in [9.17, 15) is 26.7 Å². The minimum Gasteiger partial charge on any atom is -0.451 e. The second-order valence-corrected chi connectivity index (χ2v) is 8.67. The van der Waals surface area contributed by atoms with Crippen molar-refractivity contribution in [2.75, 3.05) is 31.1 Å². The number of carbonyl (C=O) groups excluding carboxylic acids is 1. The molecule has 0 aliphatic carbocycles. The number of amides is 1. The summed E-state index contributed by atoms with van der Waals surface area (Å²) >= 11 is 17.3. The van der Waals surface area contributed by atoms with Crippen LogP contribution in [-0.2, 0) is 0 Å². The largest absolute Gasteiger partial charge is 0.451 e. The molecule has 184 valence electrons. The molecule has 1 N–H and O–H groups in total. The lowest BCUT2D eigenvalue weighted by Gasteiger charge is -2.37. The van der Waals surface area contributed by atoms with E-state index < -0.39 is 40.7 Å². The third kappa shape index (κ3) is 4.93. The maximum absolute atomic E-state index is 14.1. The lowest BCUT2D eigenvalue weighted by Crippen LogP contribution is -2.53. The minimum absolute atomic E-state index is 0.00883. The molecule has 0 atom stereocenters. The Labute approximate surface area is 211 Å². The van der Waals surface area contributed by atoms with E-state index in [0.717, 1.165) is 4.90 Å². The van der Waals surface area contributed by atoms with Crippen LogP contribution in [-0.4, -0.2) is 42.1 Å². The van der Waals surface area contributed by atoms with Gasteiger partial charge in [0, 0.05) is 36.8 Å². The zero-order chi connectivity index (χ0) is 25.4. The lowest BCUT2D eigenvalue weighted by molar-refractivity contribution is 0.0946. The molecule has 1 amide bonds. The average Bonchev–Trinajstić information content (AvgIpc) is 3.32. The Kier molecular flexibility index (Phi) is 7.20. The molecule has 1 saturated heterocycles. The van der Waals surface area contributed by atoms with Crippen molar-refractivity contribution in [2.45, 2.75) is 0 Å². The first-order chi connectivity index (χ1) is 16.6. The van der Waals surface area contributed by atoms with Gasteiger partial charge in [-0.3, -0.25) is 10.1 Å². The quantitative estimate of drug-likeness (QED) is 0.194. The van der Waals surface area contributed by atoms with Crippen LogP contribution in [0.1, 0.15) is 10.6 Å². The maximum Gasteiger partial charge on any atom is 0.293 e. The Bertz CT molecular complexity index is 1300. The number of rotatable bonds is 3. The first-order valence-electron chi connectivity index (χ1n) is 10.0. The highest BCUT2D eigenvalue weighted by atomic mass is 35.5. The molecule has 0 radical (unpaired) electrons. The van der Waals surface area contributed by atoms with Crippen molar-refractivity contribution in [2.24, 2.45) is 0 Å². The second kappa shape index (κ2) is 10.00. The van der Waals surface area contributed by atoms with Gasteiger partial charge < -0.3 is 14.2 Å². The Hall–Kier alpha value is -2.89. The summed E-state index contributed by atoms with van der Waals surface area (Å²) in [6, 6.07) is 7.77. The summed E-state index contributed by atoms with van der Waals surface area (Å²) in [5, 5.41) is 3.27. The lowest BCUT2D eigenvalue weighted by atomic mass is 10.2. The third-order valence-corrected chi connectivity index (χ3v) is 6.22. The third-order valence-electron chi connectivity index (χ3n) is 5.32. The van der Waals surface area contributed by atoms with Gasteiger partial charge in [-0.25, -0.2) is 22.0 Å². The summed E-state index contributed by atoms with van der Waals surface area (Å²) < 4.78 is 74.1. The number of carbonyl (C=O) groups is 1. The molecule has 13 heteroatoms. The van der Waals surface area contributed by atoms with E-state index in [-0.39, 0.29) is 37.1 Å². The number of furan rings is 1. The number of piperazine rings is 1. The van der Waals surface area contributed by atoms with Gasteiger partial charge in [-0.2, -0.15) is 0 Å². The first-order valence-corrected chi connectivity index (χ1v) is 11.2. The summed E-state index contributed by atoms with van der Waals surface area (Å²) in [6.45, 7) is -0.0898. The van der Waals surface area contributed by atoms with Gasteiger partial charge in [0.15, 0.2) is 34.1 Å². The average molecular weight is 550 g/mol. The molecule has 0 unspecified atom stereocenters. The fraction of sp³-hybridized carbons (Fsp3) is 0.182. The van der Waals surface area contributed by atoms with E-state index in [1.165, 1.54) is 17.0 Å². The molecule has 3 aromatic rings. The van der Waals surface area contributed by atoms with E-state index in [1.807, 2.05) is 0 Å². The van der Waals surface area contributed by atoms with Crippen LogP contribution in [0.4, 0.5) is 27.6 Å². The number of halogens is 7. The van der Waals surface area contributed by atoms with Crippen LogP contribution >= 0.6 is 35.4 Å². The van der Waals surface area contributed by atoms with Gasteiger partial charge in [0.2, 0.25) is 5.82 Å². The van der Waals surface area contributed by atoms with Crippen molar-refractivity contribution in [1.82, 2.24) is 10.2 Å². The van der Waals surface area contributed by atoms with Crippen LogP contribution < -0.4 is 10.2 Å². The molecular formula is C22H14Cl2F5N3O2S. The molecule has 1 fully saturated rings. The van der Waals surface area contributed by atoms with Gasteiger partial charge in [-0.05, 0) is 42.5 Å². The predicted octanol–water partition coefficient (Wildman–Crippen LogP) is 5.79. The smallest absolute Gasteiger partial charge is 0.293 e. The van der Waals surface area contributed by atoms with Crippen molar-refractivity contribution in [3.8, 4) is 11.3 Å². The number of thiocarbonyl (C=S) groups is 1. The molecule has 2 aromatic carbocycles. The van der Waals surface area contributed by atoms with Gasteiger partial charge in [0.25, 0.3) is 5.91 Å². The molecule has 35 heavy (non-hydrogen) atoms. The van der Waals surface area contributed by atoms with E-state index in [0.29, 0.717) is 21.4 Å². The van der Waals surface area contributed by atoms with Crippen LogP contribution in [0.25, 0.3) is 11.3 Å². The maximum atomic E-state index is 14.1. The van der Waals surface area contributed by atoms with Gasteiger partial charge in [-0.1, -0.05) is 23.2 Å². The van der Waals surface area contributed by atoms with Gasteiger partial charge in [0.05, 0.1) is 5.02 Å². The fourth-order valence-electron chi connectivity index (χ4n) is 3.54.